The molecule has 0 spiro atoms. The minimum atomic E-state index is -0.436. The Morgan fingerprint density at radius 1 is 1.21 bits per heavy atom. The Balaban J connectivity index is 1.65. The molecule has 1 aromatic rings. The molecule has 2 fully saturated rings. The number of halogens is 2. The average Bonchev–Trinajstić information content (AvgIpc) is 2.70. The highest BCUT2D eigenvalue weighted by Gasteiger charge is 2.25. The van der Waals surface area contributed by atoms with E-state index in [1.54, 1.807) is 6.07 Å². The molecule has 7 heteroatoms. The van der Waals surface area contributed by atoms with E-state index in [2.05, 4.69) is 33.7 Å². The molecule has 162 valence electrons. The molecule has 0 amide bonds. The van der Waals surface area contributed by atoms with E-state index in [-0.39, 0.29) is 5.02 Å². The van der Waals surface area contributed by atoms with Crippen molar-refractivity contribution < 1.29 is 4.39 Å². The van der Waals surface area contributed by atoms with E-state index in [1.165, 1.54) is 25.0 Å². The third kappa shape index (κ3) is 6.56. The van der Waals surface area contributed by atoms with Crippen molar-refractivity contribution >= 4 is 23.2 Å². The molecule has 0 bridgehead atoms. The topological polar surface area (TPSA) is 48.1 Å². The van der Waals surface area contributed by atoms with E-state index >= 15 is 0 Å². The molecule has 1 saturated carbocycles. The maximum atomic E-state index is 13.5. The summed E-state index contributed by atoms with van der Waals surface area (Å²) in [5, 5.41) is 0.0761. The van der Waals surface area contributed by atoms with E-state index in [1.807, 2.05) is 0 Å². The van der Waals surface area contributed by atoms with Crippen molar-refractivity contribution in [2.75, 3.05) is 46.3 Å². The van der Waals surface area contributed by atoms with Crippen molar-refractivity contribution in [1.82, 2.24) is 14.7 Å². The summed E-state index contributed by atoms with van der Waals surface area (Å²) in [4.78, 5) is 11.8. The van der Waals surface area contributed by atoms with Crippen LogP contribution in [0.25, 0.3) is 0 Å². The predicted molar refractivity (Wildman–Crippen MR) is 119 cm³/mol. The Morgan fingerprint density at radius 2 is 1.90 bits per heavy atom. The van der Waals surface area contributed by atoms with Gasteiger partial charge in [-0.3, -0.25) is 0 Å². The van der Waals surface area contributed by atoms with Crippen LogP contribution in [-0.2, 0) is 0 Å². The Morgan fingerprint density at radius 3 is 2.55 bits per heavy atom. The maximum Gasteiger partial charge on any atom is 0.196 e. The highest BCUT2D eigenvalue weighted by atomic mass is 35.5. The lowest BCUT2D eigenvalue weighted by molar-refractivity contribution is 0.144. The lowest BCUT2D eigenvalue weighted by Crippen LogP contribution is -2.48. The third-order valence-corrected chi connectivity index (χ3v) is 6.63. The first-order valence-corrected chi connectivity index (χ1v) is 11.3. The lowest BCUT2D eigenvalue weighted by Gasteiger charge is -2.38. The monoisotopic (exact) mass is 423 g/mol. The zero-order chi connectivity index (χ0) is 20.8. The van der Waals surface area contributed by atoms with Crippen LogP contribution < -0.4 is 5.73 Å². The van der Waals surface area contributed by atoms with Crippen LogP contribution in [0.1, 0.15) is 39.0 Å². The van der Waals surface area contributed by atoms with Crippen LogP contribution in [0.5, 0.6) is 0 Å². The summed E-state index contributed by atoms with van der Waals surface area (Å²) in [5.74, 6) is 0.868. The number of guanidine groups is 1. The summed E-state index contributed by atoms with van der Waals surface area (Å²) >= 11 is 5.91. The van der Waals surface area contributed by atoms with Crippen LogP contribution in [-0.4, -0.2) is 73.0 Å². The molecule has 2 aliphatic rings. The van der Waals surface area contributed by atoms with Gasteiger partial charge in [0, 0.05) is 38.8 Å². The normalized spacial score (nSPS) is 24.6. The second-order valence-corrected chi connectivity index (χ2v) is 9.08. The Bertz CT molecular complexity index is 682. The zero-order valence-electron chi connectivity index (χ0n) is 17.8. The first-order valence-electron chi connectivity index (χ1n) is 10.9. The van der Waals surface area contributed by atoms with Gasteiger partial charge in [-0.1, -0.05) is 18.5 Å². The Kier molecular flexibility index (Phi) is 8.16. The van der Waals surface area contributed by atoms with Crippen LogP contribution >= 0.6 is 11.6 Å². The van der Waals surface area contributed by atoms with Crippen LogP contribution in [0.4, 0.5) is 10.1 Å². The molecule has 0 aromatic heterocycles. The molecule has 29 heavy (non-hydrogen) atoms. The number of nitrogens with zero attached hydrogens (tertiary/aromatic N) is 4. The summed E-state index contributed by atoms with van der Waals surface area (Å²) in [7, 11) is 2.18. The molecule has 3 rings (SSSR count). The van der Waals surface area contributed by atoms with E-state index in [9.17, 15) is 4.39 Å². The van der Waals surface area contributed by atoms with Crippen molar-refractivity contribution in [3.8, 4) is 0 Å². The van der Waals surface area contributed by atoms with Crippen LogP contribution in [0.15, 0.2) is 23.2 Å². The molecule has 1 saturated heterocycles. The number of hydrogen-bond acceptors (Lipinski definition) is 3. The van der Waals surface area contributed by atoms with Gasteiger partial charge in [0.25, 0.3) is 0 Å². The summed E-state index contributed by atoms with van der Waals surface area (Å²) in [6, 6.07) is 4.93. The second-order valence-electron chi connectivity index (χ2n) is 8.67. The number of piperazine rings is 1. The molecular weight excluding hydrogens is 389 g/mol. The Hall–Kier alpha value is -1.37. The average molecular weight is 424 g/mol. The minimum Gasteiger partial charge on any atom is -0.369 e. The molecule has 0 atom stereocenters. The number of rotatable bonds is 6. The van der Waals surface area contributed by atoms with Crippen LogP contribution in [0.2, 0.25) is 5.02 Å². The van der Waals surface area contributed by atoms with Crippen molar-refractivity contribution in [2.45, 2.75) is 45.1 Å². The number of benzene rings is 1. The number of aliphatic imine (C=N–C) groups is 1. The zero-order valence-corrected chi connectivity index (χ0v) is 18.5. The van der Waals surface area contributed by atoms with Gasteiger partial charge >= 0.3 is 0 Å². The van der Waals surface area contributed by atoms with Gasteiger partial charge in [-0.25, -0.2) is 9.38 Å². The highest BCUT2D eigenvalue weighted by molar-refractivity contribution is 6.31. The fourth-order valence-corrected chi connectivity index (χ4v) is 4.50. The molecule has 5 nitrogen and oxygen atoms in total. The van der Waals surface area contributed by atoms with Crippen molar-refractivity contribution in [3.63, 3.8) is 0 Å². The number of hydrogen-bond donors (Lipinski definition) is 1. The second kappa shape index (κ2) is 10.6. The first-order chi connectivity index (χ1) is 13.9. The molecular formula is C22H35ClFN5. The third-order valence-electron chi connectivity index (χ3n) is 6.34. The SMILES string of the molecule is CC1CCC(N(CCCN2CCN(C)CC2)C(N)=Nc2ccc(F)c(Cl)c2)CC1. The molecule has 1 aliphatic carbocycles. The summed E-state index contributed by atoms with van der Waals surface area (Å²) in [6.07, 6.45) is 5.83. The molecule has 1 heterocycles. The molecule has 1 aromatic carbocycles. The van der Waals surface area contributed by atoms with Gasteiger partial charge in [0.1, 0.15) is 5.82 Å². The van der Waals surface area contributed by atoms with E-state index in [0.717, 1.165) is 64.4 Å². The quantitative estimate of drug-likeness (QED) is 0.556. The van der Waals surface area contributed by atoms with Gasteiger partial charge < -0.3 is 20.4 Å². The van der Waals surface area contributed by atoms with E-state index in [0.29, 0.717) is 17.7 Å². The smallest absolute Gasteiger partial charge is 0.196 e. The van der Waals surface area contributed by atoms with Gasteiger partial charge in [-0.05, 0) is 69.8 Å². The van der Waals surface area contributed by atoms with Crippen LogP contribution in [0.3, 0.4) is 0 Å². The molecule has 0 radical (unpaired) electrons. The Labute approximate surface area is 179 Å². The van der Waals surface area contributed by atoms with Crippen molar-refractivity contribution in [1.29, 1.82) is 0 Å². The van der Waals surface area contributed by atoms with Crippen molar-refractivity contribution in [2.24, 2.45) is 16.6 Å². The first kappa shape index (κ1) is 22.3. The van der Waals surface area contributed by atoms with Gasteiger partial charge in [0.2, 0.25) is 0 Å². The highest BCUT2D eigenvalue weighted by Crippen LogP contribution is 2.28. The predicted octanol–water partition coefficient (Wildman–Crippen LogP) is 3.94. The fourth-order valence-electron chi connectivity index (χ4n) is 4.33. The van der Waals surface area contributed by atoms with Gasteiger partial charge in [0.05, 0.1) is 10.7 Å². The molecule has 1 aliphatic heterocycles. The largest absolute Gasteiger partial charge is 0.369 e. The summed E-state index contributed by atoms with van der Waals surface area (Å²) in [5.41, 5.74) is 7.06. The number of nitrogens with two attached hydrogens (primary N) is 1. The molecule has 0 unspecified atom stereocenters. The van der Waals surface area contributed by atoms with Gasteiger partial charge in [-0.15, -0.1) is 0 Å². The molecule has 2 N–H and O–H groups in total. The number of likely N-dealkylation sites (N-methyl/N-ethyl adjacent to an activating group) is 1. The van der Waals surface area contributed by atoms with Gasteiger partial charge in [0.15, 0.2) is 5.96 Å². The summed E-state index contributed by atoms with van der Waals surface area (Å²) in [6.45, 7) is 8.85. The lowest BCUT2D eigenvalue weighted by atomic mass is 9.86. The van der Waals surface area contributed by atoms with Crippen LogP contribution in [0, 0.1) is 11.7 Å². The fraction of sp³-hybridized carbons (Fsp3) is 0.682. The van der Waals surface area contributed by atoms with Gasteiger partial charge in [-0.2, -0.15) is 0 Å². The van der Waals surface area contributed by atoms with E-state index in [4.69, 9.17) is 17.3 Å². The van der Waals surface area contributed by atoms with E-state index < -0.39 is 5.82 Å². The maximum absolute atomic E-state index is 13.5. The standard InChI is InChI=1S/C22H35ClFN5/c1-17-4-7-19(8-5-17)29(11-3-10-28-14-12-27(2)13-15-28)22(25)26-18-6-9-21(24)20(23)16-18/h6,9,16-17,19H,3-5,7-8,10-15H2,1-2H3,(H2,25,26). The minimum absolute atomic E-state index is 0.0761. The summed E-state index contributed by atoms with van der Waals surface area (Å²) < 4.78 is 13.5. The van der Waals surface area contributed by atoms with Crippen molar-refractivity contribution in [3.05, 3.63) is 29.0 Å².